The molecule has 0 saturated heterocycles. The zero-order chi connectivity index (χ0) is 10.1. The standard InChI is InChI=1S/C11H15O2/c1-11(2,3)9-7-8(13-4)5-6-10(9)12/h5,7,12H,1-4H3. The Bertz CT molecular complexity index is 297. The van der Waals surface area contributed by atoms with Crippen LogP contribution in [0.3, 0.4) is 0 Å². The highest BCUT2D eigenvalue weighted by atomic mass is 16.5. The van der Waals surface area contributed by atoms with E-state index in [4.69, 9.17) is 4.74 Å². The Balaban J connectivity index is 3.19. The molecule has 0 spiro atoms. The molecule has 0 amide bonds. The largest absolute Gasteiger partial charge is 0.507 e. The van der Waals surface area contributed by atoms with Crippen molar-refractivity contribution in [1.82, 2.24) is 0 Å². The van der Waals surface area contributed by atoms with E-state index in [0.29, 0.717) is 0 Å². The monoisotopic (exact) mass is 179 g/mol. The molecule has 0 saturated carbocycles. The minimum Gasteiger partial charge on any atom is -0.507 e. The lowest BCUT2D eigenvalue weighted by Gasteiger charge is -2.20. The van der Waals surface area contributed by atoms with Crippen molar-refractivity contribution in [3.8, 4) is 11.5 Å². The fourth-order valence-electron chi connectivity index (χ4n) is 1.16. The summed E-state index contributed by atoms with van der Waals surface area (Å²) in [4.78, 5) is 0. The van der Waals surface area contributed by atoms with E-state index in [-0.39, 0.29) is 11.2 Å². The van der Waals surface area contributed by atoms with Crippen molar-refractivity contribution >= 4 is 0 Å². The summed E-state index contributed by atoms with van der Waals surface area (Å²) in [5.41, 5.74) is 0.765. The van der Waals surface area contributed by atoms with Crippen molar-refractivity contribution < 1.29 is 9.84 Å². The van der Waals surface area contributed by atoms with E-state index in [2.05, 4.69) is 6.07 Å². The summed E-state index contributed by atoms with van der Waals surface area (Å²) in [5, 5.41) is 9.55. The van der Waals surface area contributed by atoms with E-state index in [9.17, 15) is 5.11 Å². The van der Waals surface area contributed by atoms with E-state index in [1.54, 1.807) is 13.2 Å². The molecule has 0 aliphatic rings. The minimum absolute atomic E-state index is 0.0882. The molecule has 0 fully saturated rings. The molecule has 0 unspecified atom stereocenters. The third-order valence-corrected chi connectivity index (χ3v) is 1.94. The smallest absolute Gasteiger partial charge is 0.127 e. The van der Waals surface area contributed by atoms with Crippen LogP contribution in [0.25, 0.3) is 0 Å². The fraction of sp³-hybridized carbons (Fsp3) is 0.455. The molecule has 13 heavy (non-hydrogen) atoms. The highest BCUT2D eigenvalue weighted by Gasteiger charge is 2.18. The second-order valence-electron chi connectivity index (χ2n) is 4.05. The van der Waals surface area contributed by atoms with Gasteiger partial charge in [-0.3, -0.25) is 0 Å². The minimum atomic E-state index is -0.0882. The van der Waals surface area contributed by atoms with E-state index < -0.39 is 0 Å². The molecule has 0 aliphatic heterocycles. The van der Waals surface area contributed by atoms with Gasteiger partial charge in [-0.1, -0.05) is 20.8 Å². The first kappa shape index (κ1) is 9.90. The van der Waals surface area contributed by atoms with E-state index >= 15 is 0 Å². The van der Waals surface area contributed by atoms with E-state index in [1.165, 1.54) is 0 Å². The molecule has 1 aromatic carbocycles. The van der Waals surface area contributed by atoms with Crippen LogP contribution in [0, 0.1) is 6.07 Å². The quantitative estimate of drug-likeness (QED) is 0.717. The summed E-state index contributed by atoms with van der Waals surface area (Å²) in [7, 11) is 1.60. The van der Waals surface area contributed by atoms with Crippen molar-refractivity contribution in [2.24, 2.45) is 0 Å². The fourth-order valence-corrected chi connectivity index (χ4v) is 1.16. The Morgan fingerprint density at radius 2 is 2.00 bits per heavy atom. The van der Waals surface area contributed by atoms with Crippen molar-refractivity contribution in [1.29, 1.82) is 0 Å². The first-order valence-corrected chi connectivity index (χ1v) is 4.24. The SMILES string of the molecule is COc1c[c]c(O)c(C(C)(C)C)c1. The van der Waals surface area contributed by atoms with Gasteiger partial charge in [0.25, 0.3) is 0 Å². The molecule has 2 heteroatoms. The lowest BCUT2D eigenvalue weighted by Crippen LogP contribution is -2.11. The number of benzene rings is 1. The summed E-state index contributed by atoms with van der Waals surface area (Å²) in [6, 6.07) is 6.23. The van der Waals surface area contributed by atoms with Crippen LogP contribution in [0.15, 0.2) is 12.1 Å². The number of hydrogen-bond acceptors (Lipinski definition) is 2. The zero-order valence-electron chi connectivity index (χ0n) is 8.51. The first-order chi connectivity index (χ1) is 5.95. The van der Waals surface area contributed by atoms with Crippen molar-refractivity contribution in [3.63, 3.8) is 0 Å². The van der Waals surface area contributed by atoms with Gasteiger partial charge in [0.1, 0.15) is 11.5 Å². The molecule has 0 aromatic heterocycles. The number of hydrogen-bond donors (Lipinski definition) is 1. The summed E-state index contributed by atoms with van der Waals surface area (Å²) in [6.45, 7) is 6.11. The Morgan fingerprint density at radius 3 is 2.46 bits per heavy atom. The van der Waals surface area contributed by atoms with Crippen LogP contribution in [0.5, 0.6) is 11.5 Å². The summed E-state index contributed by atoms with van der Waals surface area (Å²) in [6.07, 6.45) is 0. The highest BCUT2D eigenvalue weighted by Crippen LogP contribution is 2.32. The molecule has 0 aliphatic carbocycles. The molecule has 1 N–H and O–H groups in total. The Hall–Kier alpha value is -1.18. The van der Waals surface area contributed by atoms with Gasteiger partial charge in [0, 0.05) is 11.6 Å². The van der Waals surface area contributed by atoms with Crippen LogP contribution in [0.4, 0.5) is 0 Å². The van der Waals surface area contributed by atoms with Crippen molar-refractivity contribution in [3.05, 3.63) is 23.8 Å². The van der Waals surface area contributed by atoms with Gasteiger partial charge in [-0.2, -0.15) is 0 Å². The van der Waals surface area contributed by atoms with Gasteiger partial charge in [-0.05, 0) is 17.5 Å². The molecule has 0 heterocycles. The van der Waals surface area contributed by atoms with E-state index in [0.717, 1.165) is 11.3 Å². The zero-order valence-corrected chi connectivity index (χ0v) is 8.51. The average Bonchev–Trinajstić information content (AvgIpc) is 2.03. The Labute approximate surface area is 79.2 Å². The molecule has 0 atom stereocenters. The van der Waals surface area contributed by atoms with Crippen LogP contribution in [-0.2, 0) is 5.41 Å². The molecule has 1 rings (SSSR count). The number of phenolic OH excluding ortho intramolecular Hbond substituents is 1. The predicted molar refractivity (Wildman–Crippen MR) is 52.2 cm³/mol. The summed E-state index contributed by atoms with van der Waals surface area (Å²) >= 11 is 0. The maximum absolute atomic E-state index is 9.55. The molecule has 1 aromatic rings. The van der Waals surface area contributed by atoms with Crippen molar-refractivity contribution in [2.45, 2.75) is 26.2 Å². The molecule has 0 bridgehead atoms. The normalized spacial score (nSPS) is 11.4. The molecular formula is C11H15O2. The third-order valence-electron chi connectivity index (χ3n) is 1.94. The maximum atomic E-state index is 9.55. The second kappa shape index (κ2) is 3.29. The van der Waals surface area contributed by atoms with Crippen LogP contribution >= 0.6 is 0 Å². The lowest BCUT2D eigenvalue weighted by atomic mass is 9.86. The van der Waals surface area contributed by atoms with Gasteiger partial charge in [-0.15, -0.1) is 0 Å². The lowest BCUT2D eigenvalue weighted by molar-refractivity contribution is 0.405. The maximum Gasteiger partial charge on any atom is 0.127 e. The third kappa shape index (κ3) is 2.14. The summed E-state index contributed by atoms with van der Waals surface area (Å²) in [5.74, 6) is 0.927. The topological polar surface area (TPSA) is 29.5 Å². The Kier molecular flexibility index (Phi) is 2.50. The van der Waals surface area contributed by atoms with Crippen LogP contribution in [0.2, 0.25) is 0 Å². The van der Waals surface area contributed by atoms with Gasteiger partial charge in [-0.25, -0.2) is 0 Å². The van der Waals surface area contributed by atoms with Gasteiger partial charge >= 0.3 is 0 Å². The number of ether oxygens (including phenoxy) is 1. The molecule has 2 nitrogen and oxygen atoms in total. The molecule has 1 radical (unpaired) electrons. The van der Waals surface area contributed by atoms with Crippen LogP contribution in [0.1, 0.15) is 26.3 Å². The predicted octanol–water partition coefficient (Wildman–Crippen LogP) is 2.50. The highest BCUT2D eigenvalue weighted by molar-refractivity contribution is 5.42. The van der Waals surface area contributed by atoms with Crippen LogP contribution in [-0.4, -0.2) is 12.2 Å². The number of methoxy groups -OCH3 is 1. The Morgan fingerprint density at radius 1 is 1.38 bits per heavy atom. The number of rotatable bonds is 1. The van der Waals surface area contributed by atoms with Gasteiger partial charge < -0.3 is 9.84 Å². The number of phenols is 1. The number of aromatic hydroxyl groups is 1. The average molecular weight is 179 g/mol. The second-order valence-corrected chi connectivity index (χ2v) is 4.05. The van der Waals surface area contributed by atoms with Gasteiger partial charge in [0.2, 0.25) is 0 Å². The molecule has 71 valence electrons. The molecular weight excluding hydrogens is 164 g/mol. The summed E-state index contributed by atoms with van der Waals surface area (Å²) < 4.78 is 5.06. The first-order valence-electron chi connectivity index (χ1n) is 4.24. The van der Waals surface area contributed by atoms with Crippen LogP contribution < -0.4 is 4.74 Å². The van der Waals surface area contributed by atoms with Gasteiger partial charge in [0.15, 0.2) is 0 Å². The van der Waals surface area contributed by atoms with Crippen molar-refractivity contribution in [2.75, 3.05) is 7.11 Å². The van der Waals surface area contributed by atoms with E-state index in [1.807, 2.05) is 26.8 Å². The van der Waals surface area contributed by atoms with Gasteiger partial charge in [0.05, 0.1) is 7.11 Å².